The summed E-state index contributed by atoms with van der Waals surface area (Å²) < 4.78 is 1.12. The Morgan fingerprint density at radius 3 is 2.32 bits per heavy atom. The first kappa shape index (κ1) is 17.8. The van der Waals surface area contributed by atoms with Crippen molar-refractivity contribution in [1.29, 1.82) is 0 Å². The fourth-order valence-corrected chi connectivity index (χ4v) is 3.43. The molecule has 0 saturated carbocycles. The number of benzene rings is 2. The molecular weight excluding hydrogens is 372 g/mol. The van der Waals surface area contributed by atoms with Crippen LogP contribution < -0.4 is 10.9 Å². The molecule has 0 saturated heterocycles. The molecule has 0 aliphatic heterocycles. The molecule has 1 N–H and O–H groups in total. The molecule has 4 rings (SSSR count). The minimum absolute atomic E-state index is 0.158. The number of carbonyl (C=O) groups excluding carboxylic acids is 1. The molecule has 0 aliphatic carbocycles. The first-order valence-electron chi connectivity index (χ1n) is 8.57. The number of amides is 1. The Morgan fingerprint density at radius 1 is 0.929 bits per heavy atom. The van der Waals surface area contributed by atoms with Crippen molar-refractivity contribution < 1.29 is 4.79 Å². The second-order valence-electron chi connectivity index (χ2n) is 6.12. The monoisotopic (exact) mass is 388 g/mol. The van der Waals surface area contributed by atoms with Gasteiger partial charge in [-0.25, -0.2) is 9.67 Å². The Morgan fingerprint density at radius 2 is 1.61 bits per heavy atom. The van der Waals surface area contributed by atoms with Gasteiger partial charge in [-0.2, -0.15) is 5.10 Å². The first-order chi connectivity index (χ1) is 13.6. The van der Waals surface area contributed by atoms with Gasteiger partial charge in [0.15, 0.2) is 5.13 Å². The van der Waals surface area contributed by atoms with Crippen LogP contribution in [-0.4, -0.2) is 20.7 Å². The van der Waals surface area contributed by atoms with Crippen LogP contribution in [0.3, 0.4) is 0 Å². The minimum atomic E-state index is -0.407. The van der Waals surface area contributed by atoms with E-state index >= 15 is 0 Å². The van der Waals surface area contributed by atoms with Gasteiger partial charge in [-0.05, 0) is 17.2 Å². The van der Waals surface area contributed by atoms with Crippen LogP contribution in [-0.2, 0) is 7.05 Å². The van der Waals surface area contributed by atoms with Crippen molar-refractivity contribution in [2.24, 2.45) is 7.05 Å². The Labute approximate surface area is 165 Å². The van der Waals surface area contributed by atoms with Crippen molar-refractivity contribution in [3.05, 3.63) is 88.2 Å². The molecule has 0 spiro atoms. The highest BCUT2D eigenvalue weighted by atomic mass is 32.1. The lowest BCUT2D eigenvalue weighted by atomic mass is 10.0. The quantitative estimate of drug-likeness (QED) is 0.577. The minimum Gasteiger partial charge on any atom is -0.296 e. The van der Waals surface area contributed by atoms with E-state index in [9.17, 15) is 9.59 Å². The third kappa shape index (κ3) is 3.74. The standard InChI is InChI=1S/C21H16N4O2S/c1-25-19(26)12-11-17(24-25)20(27)23-21-22-18(13-28-21)16-9-7-15(8-10-16)14-5-3-2-4-6-14/h2-13H,1H3,(H,22,23,27). The average molecular weight is 388 g/mol. The summed E-state index contributed by atoms with van der Waals surface area (Å²) in [6.45, 7) is 0. The van der Waals surface area contributed by atoms with Crippen LogP contribution in [0.2, 0.25) is 0 Å². The number of nitrogens with zero attached hydrogens (tertiary/aromatic N) is 3. The molecule has 2 heterocycles. The second kappa shape index (κ2) is 7.58. The maximum Gasteiger partial charge on any atom is 0.277 e. The zero-order chi connectivity index (χ0) is 19.5. The van der Waals surface area contributed by atoms with Crippen LogP contribution >= 0.6 is 11.3 Å². The van der Waals surface area contributed by atoms with Crippen molar-refractivity contribution >= 4 is 22.4 Å². The summed E-state index contributed by atoms with van der Waals surface area (Å²) in [5.41, 5.74) is 3.93. The van der Waals surface area contributed by atoms with Gasteiger partial charge in [0.2, 0.25) is 0 Å². The van der Waals surface area contributed by atoms with Gasteiger partial charge in [0.25, 0.3) is 11.5 Å². The molecule has 6 nitrogen and oxygen atoms in total. The summed E-state index contributed by atoms with van der Waals surface area (Å²) in [5, 5.41) is 9.03. The SMILES string of the molecule is Cn1nc(C(=O)Nc2nc(-c3ccc(-c4ccccc4)cc3)cs2)ccc1=O. The van der Waals surface area contributed by atoms with Gasteiger partial charge in [0.05, 0.1) is 5.69 Å². The molecule has 7 heteroatoms. The van der Waals surface area contributed by atoms with Gasteiger partial charge in [0.1, 0.15) is 5.69 Å². The Hall–Kier alpha value is -3.58. The van der Waals surface area contributed by atoms with Crippen molar-refractivity contribution in [1.82, 2.24) is 14.8 Å². The van der Waals surface area contributed by atoms with Crippen LogP contribution in [0.25, 0.3) is 22.4 Å². The van der Waals surface area contributed by atoms with E-state index in [1.54, 1.807) is 0 Å². The lowest BCUT2D eigenvalue weighted by Gasteiger charge is -2.03. The molecule has 0 fully saturated rings. The van der Waals surface area contributed by atoms with Crippen LogP contribution in [0.5, 0.6) is 0 Å². The zero-order valence-corrected chi connectivity index (χ0v) is 15.8. The summed E-state index contributed by atoms with van der Waals surface area (Å²) in [6.07, 6.45) is 0. The van der Waals surface area contributed by atoms with Gasteiger partial charge in [-0.1, -0.05) is 54.6 Å². The summed E-state index contributed by atoms with van der Waals surface area (Å²) >= 11 is 1.34. The van der Waals surface area contributed by atoms with Crippen LogP contribution in [0, 0.1) is 0 Å². The zero-order valence-electron chi connectivity index (χ0n) is 15.0. The predicted molar refractivity (Wildman–Crippen MR) is 110 cm³/mol. The fraction of sp³-hybridized carbons (Fsp3) is 0.0476. The molecule has 2 aromatic carbocycles. The molecule has 2 aromatic heterocycles. The number of carbonyl (C=O) groups is 1. The van der Waals surface area contributed by atoms with Gasteiger partial charge in [0, 0.05) is 24.1 Å². The predicted octanol–water partition coefficient (Wildman–Crippen LogP) is 3.82. The molecule has 28 heavy (non-hydrogen) atoms. The van der Waals surface area contributed by atoms with Gasteiger partial charge in [-0.3, -0.25) is 14.9 Å². The molecule has 0 radical (unpaired) electrons. The third-order valence-corrected chi connectivity index (χ3v) is 4.96. The van der Waals surface area contributed by atoms with Crippen molar-refractivity contribution in [2.45, 2.75) is 0 Å². The number of hydrogen-bond donors (Lipinski definition) is 1. The molecule has 0 unspecified atom stereocenters. The summed E-state index contributed by atoms with van der Waals surface area (Å²) in [4.78, 5) is 28.2. The van der Waals surface area contributed by atoms with Gasteiger partial charge < -0.3 is 0 Å². The van der Waals surface area contributed by atoms with E-state index < -0.39 is 5.91 Å². The highest BCUT2D eigenvalue weighted by Gasteiger charge is 2.12. The Balaban J connectivity index is 1.50. The number of anilines is 1. The molecule has 1 amide bonds. The first-order valence-corrected chi connectivity index (χ1v) is 9.45. The second-order valence-corrected chi connectivity index (χ2v) is 6.97. The molecule has 138 valence electrons. The number of nitrogens with one attached hydrogen (secondary N) is 1. The lowest BCUT2D eigenvalue weighted by Crippen LogP contribution is -2.23. The van der Waals surface area contributed by atoms with Gasteiger partial charge in [-0.15, -0.1) is 11.3 Å². The number of aryl methyl sites for hydroxylation is 1. The van der Waals surface area contributed by atoms with Crippen LogP contribution in [0.15, 0.2) is 76.9 Å². The van der Waals surface area contributed by atoms with Crippen molar-refractivity contribution in [3.63, 3.8) is 0 Å². The van der Waals surface area contributed by atoms with E-state index in [1.807, 2.05) is 35.7 Å². The topological polar surface area (TPSA) is 76.9 Å². The number of hydrogen-bond acceptors (Lipinski definition) is 5. The number of thiazole rings is 1. The number of rotatable bonds is 4. The maximum absolute atomic E-state index is 12.3. The lowest BCUT2D eigenvalue weighted by molar-refractivity contribution is 0.102. The Kier molecular flexibility index (Phi) is 4.82. The van der Waals surface area contributed by atoms with E-state index in [4.69, 9.17) is 0 Å². The summed E-state index contributed by atoms with van der Waals surface area (Å²) in [5.74, 6) is -0.407. The molecule has 0 aliphatic rings. The summed E-state index contributed by atoms with van der Waals surface area (Å²) in [6, 6.07) is 21.0. The van der Waals surface area contributed by atoms with E-state index in [1.165, 1.54) is 30.5 Å². The van der Waals surface area contributed by atoms with E-state index in [2.05, 4.69) is 39.7 Å². The molecular formula is C21H16N4O2S. The van der Waals surface area contributed by atoms with Crippen molar-refractivity contribution in [3.8, 4) is 22.4 Å². The number of aromatic nitrogens is 3. The molecule has 4 aromatic rings. The fourth-order valence-electron chi connectivity index (χ4n) is 2.71. The highest BCUT2D eigenvalue weighted by molar-refractivity contribution is 7.14. The molecule has 0 bridgehead atoms. The van der Waals surface area contributed by atoms with Crippen LogP contribution in [0.1, 0.15) is 10.5 Å². The smallest absolute Gasteiger partial charge is 0.277 e. The normalized spacial score (nSPS) is 10.6. The average Bonchev–Trinajstić information content (AvgIpc) is 3.19. The van der Waals surface area contributed by atoms with E-state index in [0.717, 1.165) is 27.1 Å². The largest absolute Gasteiger partial charge is 0.296 e. The van der Waals surface area contributed by atoms with E-state index in [-0.39, 0.29) is 11.3 Å². The highest BCUT2D eigenvalue weighted by Crippen LogP contribution is 2.27. The van der Waals surface area contributed by atoms with Crippen molar-refractivity contribution in [2.75, 3.05) is 5.32 Å². The van der Waals surface area contributed by atoms with Crippen LogP contribution in [0.4, 0.5) is 5.13 Å². The summed E-state index contributed by atoms with van der Waals surface area (Å²) in [7, 11) is 1.50. The maximum atomic E-state index is 12.3. The van der Waals surface area contributed by atoms with Gasteiger partial charge >= 0.3 is 0 Å². The Bertz CT molecular complexity index is 1180. The van der Waals surface area contributed by atoms with E-state index in [0.29, 0.717) is 5.13 Å². The third-order valence-electron chi connectivity index (χ3n) is 4.21. The molecule has 0 atom stereocenters.